The summed E-state index contributed by atoms with van der Waals surface area (Å²) >= 11 is 5.84. The average molecular weight is 306 g/mol. The van der Waals surface area contributed by atoms with Crippen molar-refractivity contribution in [2.45, 2.75) is 6.10 Å². The maximum absolute atomic E-state index is 13.5. The summed E-state index contributed by atoms with van der Waals surface area (Å²) in [7, 11) is 1.55. The maximum atomic E-state index is 13.5. The second-order valence-corrected chi connectivity index (χ2v) is 4.75. The Labute approximate surface area is 127 Å². The Kier molecular flexibility index (Phi) is 5.15. The smallest absolute Gasteiger partial charge is 0.144 e. The van der Waals surface area contributed by atoms with Gasteiger partial charge in [0.2, 0.25) is 0 Å². The van der Waals surface area contributed by atoms with Crippen LogP contribution in [0.1, 0.15) is 17.2 Å². The predicted molar refractivity (Wildman–Crippen MR) is 77.8 cm³/mol. The summed E-state index contributed by atoms with van der Waals surface area (Å²) < 4.78 is 24.4. The maximum Gasteiger partial charge on any atom is 0.144 e. The van der Waals surface area contributed by atoms with Crippen molar-refractivity contribution in [3.05, 3.63) is 64.4 Å². The molecule has 5 heteroatoms. The van der Waals surface area contributed by atoms with Gasteiger partial charge in [-0.3, -0.25) is 0 Å². The van der Waals surface area contributed by atoms with Crippen LogP contribution in [-0.2, 0) is 4.74 Å². The van der Waals surface area contributed by atoms with Gasteiger partial charge in [0.15, 0.2) is 0 Å². The van der Waals surface area contributed by atoms with E-state index >= 15 is 0 Å². The average Bonchev–Trinajstić information content (AvgIpc) is 2.49. The highest BCUT2D eigenvalue weighted by atomic mass is 35.5. The van der Waals surface area contributed by atoms with Crippen LogP contribution in [0.25, 0.3) is 0 Å². The van der Waals surface area contributed by atoms with E-state index in [9.17, 15) is 4.39 Å². The normalized spacial score (nSPS) is 11.7. The van der Waals surface area contributed by atoms with Crippen LogP contribution in [0.3, 0.4) is 0 Å². The highest BCUT2D eigenvalue weighted by molar-refractivity contribution is 6.30. The Morgan fingerprint density at radius 2 is 1.95 bits per heavy atom. The van der Waals surface area contributed by atoms with Crippen molar-refractivity contribution < 1.29 is 13.9 Å². The SMILES string of the molecule is COC(COc1cccc(F)c1C#N)c1ccc(Cl)cc1. The minimum absolute atomic E-state index is 0.108. The lowest BCUT2D eigenvalue weighted by molar-refractivity contribution is 0.0574. The summed E-state index contributed by atoms with van der Waals surface area (Å²) in [5, 5.41) is 9.58. The number of nitriles is 1. The summed E-state index contributed by atoms with van der Waals surface area (Å²) in [6, 6.07) is 13.2. The van der Waals surface area contributed by atoms with Gasteiger partial charge in [-0.2, -0.15) is 5.26 Å². The molecule has 0 aliphatic heterocycles. The molecule has 2 rings (SSSR count). The number of halogens is 2. The van der Waals surface area contributed by atoms with Gasteiger partial charge in [-0.15, -0.1) is 0 Å². The van der Waals surface area contributed by atoms with Gasteiger partial charge in [0.05, 0.1) is 0 Å². The lowest BCUT2D eigenvalue weighted by atomic mass is 10.1. The zero-order valence-corrected chi connectivity index (χ0v) is 12.1. The summed E-state index contributed by atoms with van der Waals surface area (Å²) in [6.07, 6.45) is -0.336. The molecule has 0 amide bonds. The molecule has 0 aliphatic rings. The van der Waals surface area contributed by atoms with E-state index < -0.39 is 5.82 Å². The third kappa shape index (κ3) is 3.72. The van der Waals surface area contributed by atoms with Crippen LogP contribution in [0.15, 0.2) is 42.5 Å². The first-order valence-electron chi connectivity index (χ1n) is 6.25. The molecule has 0 fully saturated rings. The van der Waals surface area contributed by atoms with Gasteiger partial charge >= 0.3 is 0 Å². The monoisotopic (exact) mass is 305 g/mol. The van der Waals surface area contributed by atoms with Crippen LogP contribution in [0, 0.1) is 17.1 Å². The van der Waals surface area contributed by atoms with Crippen molar-refractivity contribution in [1.82, 2.24) is 0 Å². The topological polar surface area (TPSA) is 42.2 Å². The van der Waals surface area contributed by atoms with Gasteiger partial charge in [-0.25, -0.2) is 4.39 Å². The molecule has 0 spiro atoms. The number of nitrogens with zero attached hydrogens (tertiary/aromatic N) is 1. The lowest BCUT2D eigenvalue weighted by Crippen LogP contribution is -2.13. The molecule has 108 valence electrons. The molecule has 1 unspecified atom stereocenters. The third-order valence-corrected chi connectivity index (χ3v) is 3.26. The number of rotatable bonds is 5. The first-order chi connectivity index (χ1) is 10.2. The van der Waals surface area contributed by atoms with Crippen molar-refractivity contribution >= 4 is 11.6 Å². The predicted octanol–water partition coefficient (Wildman–Crippen LogP) is 4.12. The molecular weight excluding hydrogens is 293 g/mol. The van der Waals surface area contributed by atoms with Crippen LogP contribution in [0.2, 0.25) is 5.02 Å². The molecule has 2 aromatic carbocycles. The van der Waals surface area contributed by atoms with E-state index in [1.165, 1.54) is 12.1 Å². The van der Waals surface area contributed by atoms with Gasteiger partial charge in [0, 0.05) is 12.1 Å². The number of hydrogen-bond donors (Lipinski definition) is 0. The highest BCUT2D eigenvalue weighted by Gasteiger charge is 2.14. The summed E-state index contributed by atoms with van der Waals surface area (Å²) in [5.41, 5.74) is 0.778. The summed E-state index contributed by atoms with van der Waals surface area (Å²) in [6.45, 7) is 0.163. The number of hydrogen-bond acceptors (Lipinski definition) is 3. The summed E-state index contributed by atoms with van der Waals surface area (Å²) in [5.74, 6) is -0.399. The van der Waals surface area contributed by atoms with Crippen molar-refractivity contribution in [1.29, 1.82) is 5.26 Å². The number of benzene rings is 2. The first kappa shape index (κ1) is 15.3. The number of ether oxygens (including phenoxy) is 2. The molecule has 2 aromatic rings. The second kappa shape index (κ2) is 7.07. The van der Waals surface area contributed by atoms with Crippen molar-refractivity contribution in [2.24, 2.45) is 0 Å². The van der Waals surface area contributed by atoms with Gasteiger partial charge in [-0.05, 0) is 29.8 Å². The quantitative estimate of drug-likeness (QED) is 0.834. The molecule has 21 heavy (non-hydrogen) atoms. The van der Waals surface area contributed by atoms with Crippen LogP contribution in [-0.4, -0.2) is 13.7 Å². The zero-order chi connectivity index (χ0) is 15.2. The molecule has 0 radical (unpaired) electrons. The van der Waals surface area contributed by atoms with E-state index in [2.05, 4.69) is 0 Å². The minimum atomic E-state index is -0.601. The van der Waals surface area contributed by atoms with Gasteiger partial charge in [0.25, 0.3) is 0 Å². The Bertz CT molecular complexity index is 652. The zero-order valence-electron chi connectivity index (χ0n) is 11.3. The second-order valence-electron chi connectivity index (χ2n) is 4.31. The van der Waals surface area contributed by atoms with Gasteiger partial charge in [0.1, 0.15) is 35.9 Å². The van der Waals surface area contributed by atoms with E-state index in [0.717, 1.165) is 5.56 Å². The fraction of sp³-hybridized carbons (Fsp3) is 0.188. The molecule has 0 aliphatic carbocycles. The van der Waals surface area contributed by atoms with Crippen LogP contribution in [0.5, 0.6) is 5.75 Å². The molecule has 0 aromatic heterocycles. The van der Waals surface area contributed by atoms with E-state index in [4.69, 9.17) is 26.3 Å². The Balaban J connectivity index is 2.12. The molecule has 1 atom stereocenters. The Morgan fingerprint density at radius 3 is 2.57 bits per heavy atom. The van der Waals surface area contributed by atoms with Gasteiger partial charge < -0.3 is 9.47 Å². The van der Waals surface area contributed by atoms with Crippen molar-refractivity contribution in [3.63, 3.8) is 0 Å². The molecule has 0 N–H and O–H groups in total. The molecule has 0 saturated carbocycles. The standard InChI is InChI=1S/C16H13ClFNO2/c1-20-16(11-5-7-12(17)8-6-11)10-21-15-4-2-3-14(18)13(15)9-19/h2-8,16H,10H2,1H3. The van der Waals surface area contributed by atoms with E-state index in [-0.39, 0.29) is 24.0 Å². The fourth-order valence-corrected chi connectivity index (χ4v) is 2.00. The molecular formula is C16H13ClFNO2. The Morgan fingerprint density at radius 1 is 1.24 bits per heavy atom. The fourth-order valence-electron chi connectivity index (χ4n) is 1.88. The van der Waals surface area contributed by atoms with Crippen LogP contribution >= 0.6 is 11.6 Å². The van der Waals surface area contributed by atoms with Crippen molar-refractivity contribution in [3.8, 4) is 11.8 Å². The molecule has 0 bridgehead atoms. The lowest BCUT2D eigenvalue weighted by Gasteiger charge is -2.17. The third-order valence-electron chi connectivity index (χ3n) is 3.00. The molecule has 0 saturated heterocycles. The van der Waals surface area contributed by atoms with Gasteiger partial charge in [-0.1, -0.05) is 29.8 Å². The minimum Gasteiger partial charge on any atom is -0.489 e. The van der Waals surface area contributed by atoms with E-state index in [1.807, 2.05) is 12.1 Å². The largest absolute Gasteiger partial charge is 0.489 e. The highest BCUT2D eigenvalue weighted by Crippen LogP contribution is 2.24. The number of methoxy groups -OCH3 is 1. The molecule has 3 nitrogen and oxygen atoms in total. The van der Waals surface area contributed by atoms with Crippen LogP contribution in [0.4, 0.5) is 4.39 Å². The summed E-state index contributed by atoms with van der Waals surface area (Å²) in [4.78, 5) is 0. The molecule has 0 heterocycles. The van der Waals surface area contributed by atoms with Crippen molar-refractivity contribution in [2.75, 3.05) is 13.7 Å². The van der Waals surface area contributed by atoms with Crippen LogP contribution < -0.4 is 4.74 Å². The first-order valence-corrected chi connectivity index (χ1v) is 6.63. The van der Waals surface area contributed by atoms with E-state index in [0.29, 0.717) is 5.02 Å². The van der Waals surface area contributed by atoms with E-state index in [1.54, 1.807) is 31.4 Å². The Hall–Kier alpha value is -2.09.